The fourth-order valence-electron chi connectivity index (χ4n) is 3.05. The average Bonchev–Trinajstić information content (AvgIpc) is 2.60. The topological polar surface area (TPSA) is 46.6 Å². The van der Waals surface area contributed by atoms with E-state index in [1.165, 1.54) is 0 Å². The predicted octanol–water partition coefficient (Wildman–Crippen LogP) is 4.08. The van der Waals surface area contributed by atoms with Crippen molar-refractivity contribution >= 4 is 27.6 Å². The van der Waals surface area contributed by atoms with E-state index < -0.39 is 0 Å². The maximum atomic E-state index is 12.3. The van der Waals surface area contributed by atoms with Crippen molar-refractivity contribution in [2.45, 2.75) is 39.0 Å². The van der Waals surface area contributed by atoms with Crippen LogP contribution in [0.2, 0.25) is 0 Å². The first-order valence-electron chi connectivity index (χ1n) is 8.74. The second kappa shape index (κ2) is 9.94. The molecular weight excluding hydrogens is 370 g/mol. The largest absolute Gasteiger partial charge is 0.381 e. The SMILES string of the molecule is CCOCC1CCCN(C(=O)CCCC(=O)c2ccc(Br)cc2)C1. The zero-order valence-corrected chi connectivity index (χ0v) is 15.9. The van der Waals surface area contributed by atoms with E-state index in [1.54, 1.807) is 0 Å². The second-order valence-corrected chi connectivity index (χ2v) is 7.21. The monoisotopic (exact) mass is 395 g/mol. The molecule has 1 atom stereocenters. The molecule has 24 heavy (non-hydrogen) atoms. The first-order valence-corrected chi connectivity index (χ1v) is 9.53. The number of halogens is 1. The summed E-state index contributed by atoms with van der Waals surface area (Å²) in [5.74, 6) is 0.718. The van der Waals surface area contributed by atoms with E-state index in [0.29, 0.717) is 30.7 Å². The standard InChI is InChI=1S/C19H26BrNO3/c1-2-24-14-15-5-4-12-21(13-15)19(23)7-3-6-18(22)16-8-10-17(20)11-9-16/h8-11,15H,2-7,12-14H2,1H3. The number of carbonyl (C=O) groups is 2. The van der Waals surface area contributed by atoms with Crippen molar-refractivity contribution in [3.05, 3.63) is 34.3 Å². The second-order valence-electron chi connectivity index (χ2n) is 6.29. The van der Waals surface area contributed by atoms with Gasteiger partial charge in [0.1, 0.15) is 0 Å². The first-order chi connectivity index (χ1) is 11.6. The molecule has 5 heteroatoms. The molecule has 0 aliphatic carbocycles. The van der Waals surface area contributed by atoms with Gasteiger partial charge in [-0.3, -0.25) is 9.59 Å². The van der Waals surface area contributed by atoms with Crippen molar-refractivity contribution in [1.29, 1.82) is 0 Å². The number of Topliss-reactive ketones (excluding diaryl/α,β-unsaturated/α-hetero) is 1. The molecule has 0 N–H and O–H groups in total. The minimum Gasteiger partial charge on any atom is -0.381 e. The number of likely N-dealkylation sites (tertiary alicyclic amines) is 1. The van der Waals surface area contributed by atoms with Crippen LogP contribution < -0.4 is 0 Å². The number of hydrogen-bond donors (Lipinski definition) is 0. The number of ketones is 1. The maximum absolute atomic E-state index is 12.3. The molecule has 0 radical (unpaired) electrons. The van der Waals surface area contributed by atoms with Gasteiger partial charge in [0.05, 0.1) is 6.61 Å². The van der Waals surface area contributed by atoms with Gasteiger partial charge in [-0.15, -0.1) is 0 Å². The maximum Gasteiger partial charge on any atom is 0.222 e. The Bertz CT molecular complexity index is 544. The zero-order valence-electron chi connectivity index (χ0n) is 14.3. The molecule has 1 amide bonds. The van der Waals surface area contributed by atoms with Gasteiger partial charge in [-0.25, -0.2) is 0 Å². The average molecular weight is 396 g/mol. The molecule has 1 aromatic carbocycles. The molecule has 1 aliphatic rings. The van der Waals surface area contributed by atoms with Gasteiger partial charge in [0.25, 0.3) is 0 Å². The normalized spacial score (nSPS) is 17.8. The van der Waals surface area contributed by atoms with Gasteiger partial charge in [-0.05, 0) is 44.2 Å². The third-order valence-corrected chi connectivity index (χ3v) is 4.92. The van der Waals surface area contributed by atoms with Crippen LogP contribution in [0.3, 0.4) is 0 Å². The summed E-state index contributed by atoms with van der Waals surface area (Å²) in [4.78, 5) is 26.4. The Morgan fingerprint density at radius 2 is 2.00 bits per heavy atom. The molecule has 0 aromatic heterocycles. The Morgan fingerprint density at radius 1 is 1.25 bits per heavy atom. The molecular formula is C19H26BrNO3. The molecule has 1 fully saturated rings. The Balaban J connectivity index is 1.72. The summed E-state index contributed by atoms with van der Waals surface area (Å²) in [6.45, 7) is 5.08. The molecule has 4 nitrogen and oxygen atoms in total. The van der Waals surface area contributed by atoms with E-state index in [0.717, 1.165) is 43.6 Å². The number of nitrogens with zero attached hydrogens (tertiary/aromatic N) is 1. The summed E-state index contributed by atoms with van der Waals surface area (Å²) < 4.78 is 6.44. The number of carbonyl (C=O) groups excluding carboxylic acids is 2. The van der Waals surface area contributed by atoms with Gasteiger partial charge < -0.3 is 9.64 Å². The molecule has 2 rings (SSSR count). The molecule has 1 aliphatic heterocycles. The van der Waals surface area contributed by atoms with Crippen LogP contribution in [0.1, 0.15) is 49.4 Å². The number of hydrogen-bond acceptors (Lipinski definition) is 3. The highest BCUT2D eigenvalue weighted by Crippen LogP contribution is 2.19. The van der Waals surface area contributed by atoms with Gasteiger partial charge in [-0.1, -0.05) is 28.1 Å². The smallest absolute Gasteiger partial charge is 0.222 e. The lowest BCUT2D eigenvalue weighted by atomic mass is 9.98. The Morgan fingerprint density at radius 3 is 2.71 bits per heavy atom. The summed E-state index contributed by atoms with van der Waals surface area (Å²) in [6, 6.07) is 7.36. The first kappa shape index (κ1) is 19.1. The number of benzene rings is 1. The minimum atomic E-state index is 0.100. The quantitative estimate of drug-likeness (QED) is 0.623. The zero-order chi connectivity index (χ0) is 17.4. The predicted molar refractivity (Wildman–Crippen MR) is 98.1 cm³/mol. The number of ether oxygens (including phenoxy) is 1. The highest BCUT2D eigenvalue weighted by atomic mass is 79.9. The minimum absolute atomic E-state index is 0.100. The highest BCUT2D eigenvalue weighted by Gasteiger charge is 2.23. The molecule has 1 aromatic rings. The van der Waals surface area contributed by atoms with Crippen molar-refractivity contribution in [2.24, 2.45) is 5.92 Å². The van der Waals surface area contributed by atoms with Gasteiger partial charge in [0.15, 0.2) is 5.78 Å². The van der Waals surface area contributed by atoms with E-state index in [9.17, 15) is 9.59 Å². The molecule has 1 unspecified atom stereocenters. The number of amides is 1. The Hall–Kier alpha value is -1.20. The summed E-state index contributed by atoms with van der Waals surface area (Å²) in [7, 11) is 0. The van der Waals surface area contributed by atoms with Gasteiger partial charge in [0, 0.05) is 42.6 Å². The van der Waals surface area contributed by atoms with E-state index in [1.807, 2.05) is 36.1 Å². The lowest BCUT2D eigenvalue weighted by Crippen LogP contribution is -2.41. The number of rotatable bonds is 8. The Labute approximate surface area is 152 Å². The van der Waals surface area contributed by atoms with Crippen LogP contribution in [0.5, 0.6) is 0 Å². The molecule has 0 saturated carbocycles. The van der Waals surface area contributed by atoms with E-state index in [2.05, 4.69) is 15.9 Å². The summed E-state index contributed by atoms with van der Waals surface area (Å²) in [5.41, 5.74) is 0.709. The summed E-state index contributed by atoms with van der Waals surface area (Å²) >= 11 is 3.36. The van der Waals surface area contributed by atoms with E-state index in [-0.39, 0.29) is 11.7 Å². The third kappa shape index (κ3) is 6.02. The third-order valence-electron chi connectivity index (χ3n) is 4.39. The lowest BCUT2D eigenvalue weighted by molar-refractivity contribution is -0.133. The van der Waals surface area contributed by atoms with Crippen molar-refractivity contribution in [1.82, 2.24) is 4.90 Å². The lowest BCUT2D eigenvalue weighted by Gasteiger charge is -2.32. The van der Waals surface area contributed by atoms with Crippen LogP contribution in [-0.4, -0.2) is 42.9 Å². The van der Waals surface area contributed by atoms with Crippen LogP contribution in [0.15, 0.2) is 28.7 Å². The van der Waals surface area contributed by atoms with Crippen molar-refractivity contribution in [3.8, 4) is 0 Å². The van der Waals surface area contributed by atoms with Crippen LogP contribution in [0, 0.1) is 5.92 Å². The van der Waals surface area contributed by atoms with Crippen LogP contribution in [0.4, 0.5) is 0 Å². The van der Waals surface area contributed by atoms with Crippen molar-refractivity contribution in [3.63, 3.8) is 0 Å². The van der Waals surface area contributed by atoms with Crippen molar-refractivity contribution in [2.75, 3.05) is 26.3 Å². The molecule has 1 heterocycles. The molecule has 1 saturated heterocycles. The van der Waals surface area contributed by atoms with Crippen LogP contribution in [0.25, 0.3) is 0 Å². The van der Waals surface area contributed by atoms with Gasteiger partial charge >= 0.3 is 0 Å². The molecule has 132 valence electrons. The van der Waals surface area contributed by atoms with Crippen molar-refractivity contribution < 1.29 is 14.3 Å². The Kier molecular flexibility index (Phi) is 7.92. The van der Waals surface area contributed by atoms with E-state index in [4.69, 9.17) is 4.74 Å². The fraction of sp³-hybridized carbons (Fsp3) is 0.579. The van der Waals surface area contributed by atoms with Crippen LogP contribution >= 0.6 is 15.9 Å². The summed E-state index contributed by atoms with van der Waals surface area (Å²) in [5, 5.41) is 0. The van der Waals surface area contributed by atoms with Crippen LogP contribution in [-0.2, 0) is 9.53 Å². The fourth-order valence-corrected chi connectivity index (χ4v) is 3.31. The van der Waals surface area contributed by atoms with Gasteiger partial charge in [-0.2, -0.15) is 0 Å². The van der Waals surface area contributed by atoms with E-state index >= 15 is 0 Å². The number of piperidine rings is 1. The van der Waals surface area contributed by atoms with Gasteiger partial charge in [0.2, 0.25) is 5.91 Å². The molecule has 0 bridgehead atoms. The molecule has 0 spiro atoms. The summed E-state index contributed by atoms with van der Waals surface area (Å²) in [6.07, 6.45) is 3.65. The highest BCUT2D eigenvalue weighted by molar-refractivity contribution is 9.10.